The maximum atomic E-state index is 12.8. The van der Waals surface area contributed by atoms with Crippen molar-refractivity contribution in [3.8, 4) is 0 Å². The monoisotopic (exact) mass is 367 g/mol. The molecular weight excluding hydrogens is 347 g/mol. The van der Waals surface area contributed by atoms with Crippen molar-refractivity contribution in [1.29, 1.82) is 0 Å². The van der Waals surface area contributed by atoms with Gasteiger partial charge in [-0.05, 0) is 30.0 Å². The van der Waals surface area contributed by atoms with Gasteiger partial charge in [0.2, 0.25) is 0 Å². The molecule has 0 bridgehead atoms. The summed E-state index contributed by atoms with van der Waals surface area (Å²) in [5.74, 6) is -0.141. The Hall–Kier alpha value is -2.42. The van der Waals surface area contributed by atoms with Crippen molar-refractivity contribution in [3.63, 3.8) is 0 Å². The predicted octanol–water partition coefficient (Wildman–Crippen LogP) is 2.48. The zero-order chi connectivity index (χ0) is 18.9. The highest BCUT2D eigenvalue weighted by Crippen LogP contribution is 2.39. The molecule has 0 spiro atoms. The van der Waals surface area contributed by atoms with Gasteiger partial charge in [0.1, 0.15) is 0 Å². The van der Waals surface area contributed by atoms with Crippen molar-refractivity contribution in [3.05, 3.63) is 47.3 Å². The Labute approximate surface area is 148 Å². The first-order valence-electron chi connectivity index (χ1n) is 8.39. The molecule has 9 heteroatoms. The fourth-order valence-electron chi connectivity index (χ4n) is 3.34. The van der Waals surface area contributed by atoms with E-state index in [0.29, 0.717) is 25.2 Å². The third-order valence-electron chi connectivity index (χ3n) is 4.66. The Bertz CT molecular complexity index is 771. The molecule has 2 N–H and O–H groups in total. The molecule has 140 valence electrons. The van der Waals surface area contributed by atoms with Crippen LogP contribution in [0.2, 0.25) is 0 Å². The van der Waals surface area contributed by atoms with Gasteiger partial charge in [0.25, 0.3) is 5.91 Å². The van der Waals surface area contributed by atoms with Crippen molar-refractivity contribution >= 4 is 5.91 Å². The summed E-state index contributed by atoms with van der Waals surface area (Å²) in [6.45, 7) is 3.35. The van der Waals surface area contributed by atoms with Crippen LogP contribution < -0.4 is 5.73 Å². The van der Waals surface area contributed by atoms with E-state index in [0.717, 1.165) is 18.6 Å². The number of nitrogens with zero attached hydrogens (tertiary/aromatic N) is 4. The van der Waals surface area contributed by atoms with Crippen molar-refractivity contribution in [1.82, 2.24) is 19.9 Å². The van der Waals surface area contributed by atoms with Crippen LogP contribution in [-0.2, 0) is 12.7 Å². The number of rotatable bonds is 4. The van der Waals surface area contributed by atoms with E-state index in [9.17, 15) is 18.0 Å². The minimum atomic E-state index is -4.38. The number of hydrogen-bond donors (Lipinski definition) is 1. The molecule has 2 atom stereocenters. The van der Waals surface area contributed by atoms with Crippen LogP contribution in [0.25, 0.3) is 0 Å². The second-order valence-electron chi connectivity index (χ2n) is 6.48. The van der Waals surface area contributed by atoms with Gasteiger partial charge in [-0.2, -0.15) is 13.2 Å². The van der Waals surface area contributed by atoms with Gasteiger partial charge in [0.05, 0.1) is 24.3 Å². The molecule has 2 aromatic rings. The lowest BCUT2D eigenvalue weighted by molar-refractivity contribution is -0.137. The highest BCUT2D eigenvalue weighted by Gasteiger charge is 2.37. The van der Waals surface area contributed by atoms with Crippen LogP contribution in [0.4, 0.5) is 13.2 Å². The van der Waals surface area contributed by atoms with Crippen LogP contribution in [0.3, 0.4) is 0 Å². The Morgan fingerprint density at radius 1 is 1.31 bits per heavy atom. The van der Waals surface area contributed by atoms with Gasteiger partial charge in [-0.25, -0.2) is 0 Å². The molecule has 0 saturated carbocycles. The lowest BCUT2D eigenvalue weighted by atomic mass is 9.94. The maximum Gasteiger partial charge on any atom is 0.416 e. The highest BCUT2D eigenvalue weighted by molar-refractivity contribution is 5.92. The number of benzene rings is 1. The standard InChI is InChI=1S/C17H20F3N5O/c1-11-6-8-25(16(26)14-10-24(9-7-21)23-22-14)15(11)12-2-4-13(5-3-12)17(18,19)20/h2-5,10-11,15H,6-9,21H2,1H3. The molecule has 2 unspecified atom stereocenters. The number of carbonyl (C=O) groups is 1. The number of alkyl halides is 3. The van der Waals surface area contributed by atoms with Crippen molar-refractivity contribution in [2.24, 2.45) is 11.7 Å². The fraction of sp³-hybridized carbons (Fsp3) is 0.471. The lowest BCUT2D eigenvalue weighted by Gasteiger charge is -2.27. The van der Waals surface area contributed by atoms with Crippen LogP contribution in [0.1, 0.15) is 41.0 Å². The van der Waals surface area contributed by atoms with Gasteiger partial charge in [-0.15, -0.1) is 5.10 Å². The number of hydrogen-bond acceptors (Lipinski definition) is 4. The molecule has 0 aliphatic carbocycles. The number of likely N-dealkylation sites (tertiary alicyclic amines) is 1. The molecule has 3 rings (SSSR count). The molecular formula is C17H20F3N5O. The summed E-state index contributed by atoms with van der Waals surface area (Å²) in [5, 5.41) is 7.76. The van der Waals surface area contributed by atoms with E-state index in [1.165, 1.54) is 16.8 Å². The average molecular weight is 367 g/mol. The third-order valence-corrected chi connectivity index (χ3v) is 4.66. The number of amides is 1. The van der Waals surface area contributed by atoms with Gasteiger partial charge < -0.3 is 10.6 Å². The quantitative estimate of drug-likeness (QED) is 0.901. The second kappa shape index (κ2) is 7.06. The number of nitrogens with two attached hydrogens (primary N) is 1. The maximum absolute atomic E-state index is 12.8. The molecule has 6 nitrogen and oxygen atoms in total. The Kier molecular flexibility index (Phi) is 4.99. The summed E-state index contributed by atoms with van der Waals surface area (Å²) < 4.78 is 39.8. The molecule has 0 radical (unpaired) electrons. The van der Waals surface area contributed by atoms with Crippen molar-refractivity contribution < 1.29 is 18.0 Å². The molecule has 1 saturated heterocycles. The molecule has 1 aromatic carbocycles. The van der Waals surface area contributed by atoms with E-state index in [1.807, 2.05) is 6.92 Å². The van der Waals surface area contributed by atoms with E-state index in [2.05, 4.69) is 10.3 Å². The van der Waals surface area contributed by atoms with Crippen molar-refractivity contribution in [2.75, 3.05) is 13.1 Å². The molecule has 26 heavy (non-hydrogen) atoms. The van der Waals surface area contributed by atoms with E-state index >= 15 is 0 Å². The first kappa shape index (κ1) is 18.4. The Balaban J connectivity index is 1.84. The van der Waals surface area contributed by atoms with Gasteiger partial charge in [0, 0.05) is 13.1 Å². The SMILES string of the molecule is CC1CCN(C(=O)c2cn(CCN)nn2)C1c1ccc(C(F)(F)F)cc1. The van der Waals surface area contributed by atoms with Crippen molar-refractivity contribution in [2.45, 2.75) is 32.1 Å². The van der Waals surface area contributed by atoms with Gasteiger partial charge in [-0.3, -0.25) is 9.48 Å². The van der Waals surface area contributed by atoms with E-state index in [1.54, 1.807) is 11.1 Å². The van der Waals surface area contributed by atoms with Gasteiger partial charge in [-0.1, -0.05) is 24.3 Å². The van der Waals surface area contributed by atoms with Crippen LogP contribution >= 0.6 is 0 Å². The first-order chi connectivity index (χ1) is 12.3. The van der Waals surface area contributed by atoms with Crippen LogP contribution in [0, 0.1) is 5.92 Å². The largest absolute Gasteiger partial charge is 0.416 e. The molecule has 1 aliphatic heterocycles. The number of halogens is 3. The minimum absolute atomic E-state index is 0.134. The summed E-state index contributed by atoms with van der Waals surface area (Å²) in [7, 11) is 0. The smallest absolute Gasteiger partial charge is 0.330 e. The molecule has 1 amide bonds. The summed E-state index contributed by atoms with van der Waals surface area (Å²) >= 11 is 0. The third kappa shape index (κ3) is 3.57. The minimum Gasteiger partial charge on any atom is -0.330 e. The lowest BCUT2D eigenvalue weighted by Crippen LogP contribution is -2.32. The van der Waals surface area contributed by atoms with Crippen LogP contribution in [0.5, 0.6) is 0 Å². The molecule has 1 aliphatic rings. The van der Waals surface area contributed by atoms with Crippen LogP contribution in [0.15, 0.2) is 30.5 Å². The first-order valence-corrected chi connectivity index (χ1v) is 8.39. The van der Waals surface area contributed by atoms with Crippen LogP contribution in [-0.4, -0.2) is 38.9 Å². The second-order valence-corrected chi connectivity index (χ2v) is 6.48. The summed E-state index contributed by atoms with van der Waals surface area (Å²) in [6, 6.07) is 4.72. The van der Waals surface area contributed by atoms with Gasteiger partial charge in [0.15, 0.2) is 5.69 Å². The zero-order valence-electron chi connectivity index (χ0n) is 14.3. The van der Waals surface area contributed by atoms with E-state index in [-0.39, 0.29) is 23.6 Å². The Morgan fingerprint density at radius 3 is 2.62 bits per heavy atom. The summed E-state index contributed by atoms with van der Waals surface area (Å²) in [6.07, 6.45) is -2.06. The van der Waals surface area contributed by atoms with Gasteiger partial charge >= 0.3 is 6.18 Å². The summed E-state index contributed by atoms with van der Waals surface area (Å²) in [5.41, 5.74) is 5.66. The predicted molar refractivity (Wildman–Crippen MR) is 88.1 cm³/mol. The Morgan fingerprint density at radius 2 is 2.00 bits per heavy atom. The topological polar surface area (TPSA) is 77.0 Å². The average Bonchev–Trinajstić information content (AvgIpc) is 3.21. The summed E-state index contributed by atoms with van der Waals surface area (Å²) in [4.78, 5) is 14.5. The number of aromatic nitrogens is 3. The molecule has 1 fully saturated rings. The molecule has 2 heterocycles. The molecule has 1 aromatic heterocycles. The fourth-order valence-corrected chi connectivity index (χ4v) is 3.34. The highest BCUT2D eigenvalue weighted by atomic mass is 19.4. The van der Waals surface area contributed by atoms with E-state index < -0.39 is 11.7 Å². The van der Waals surface area contributed by atoms with E-state index in [4.69, 9.17) is 5.73 Å². The zero-order valence-corrected chi connectivity index (χ0v) is 14.3. The normalized spacial score (nSPS) is 20.6. The number of carbonyl (C=O) groups excluding carboxylic acids is 1.